The van der Waals surface area contributed by atoms with E-state index in [0.29, 0.717) is 22.0 Å². The second-order valence-electron chi connectivity index (χ2n) is 5.93. The number of fused-ring (bicyclic) bond motifs is 1. The van der Waals surface area contributed by atoms with Crippen LogP contribution in [0, 0.1) is 6.92 Å². The number of methoxy groups -OCH3 is 1. The average molecular weight is 408 g/mol. The monoisotopic (exact) mass is 407 g/mol. The largest absolute Gasteiger partial charge is 0.495 e. The van der Waals surface area contributed by atoms with Gasteiger partial charge in [-0.25, -0.2) is 8.42 Å². The number of rotatable bonds is 5. The van der Waals surface area contributed by atoms with Crippen LogP contribution in [0.4, 0.5) is 5.69 Å². The molecule has 1 amide bonds. The zero-order valence-electron chi connectivity index (χ0n) is 14.7. The van der Waals surface area contributed by atoms with Gasteiger partial charge in [-0.2, -0.15) is 0 Å². The molecule has 0 aliphatic carbocycles. The second-order valence-corrected chi connectivity index (χ2v) is 7.99. The maximum absolute atomic E-state index is 12.2. The predicted molar refractivity (Wildman–Crippen MR) is 104 cm³/mol. The van der Waals surface area contributed by atoms with Crippen molar-refractivity contribution < 1.29 is 17.9 Å². The molecule has 7 nitrogen and oxygen atoms in total. The zero-order valence-corrected chi connectivity index (χ0v) is 16.3. The van der Waals surface area contributed by atoms with Gasteiger partial charge in [0.1, 0.15) is 11.6 Å². The molecule has 2 aromatic rings. The van der Waals surface area contributed by atoms with E-state index in [1.807, 2.05) is 6.92 Å². The molecule has 1 heterocycles. The third-order valence-electron chi connectivity index (χ3n) is 4.03. The third-order valence-corrected chi connectivity index (χ3v) is 5.83. The van der Waals surface area contributed by atoms with Crippen molar-refractivity contribution >= 4 is 39.1 Å². The molecule has 0 atom stereocenters. The lowest BCUT2D eigenvalue weighted by Gasteiger charge is -2.12. The number of hydrogen-bond acceptors (Lipinski definition) is 5. The highest BCUT2D eigenvalue weighted by Gasteiger charge is 2.29. The highest BCUT2D eigenvalue weighted by molar-refractivity contribution is 7.90. The second kappa shape index (κ2) is 7.58. The standard InChI is InChI=1S/C18H18ClN3O4S/c1-11-9-14(15(26-2)10-13(11)19)21-17(23)7-8-20-18-12-5-3-4-6-16(12)27(24,25)22-18/h3-6,9-10H,7-8H2,1-2H3,(H,20,22)(H,21,23). The minimum atomic E-state index is -3.58. The van der Waals surface area contributed by atoms with Crippen LogP contribution in [0.1, 0.15) is 17.5 Å². The van der Waals surface area contributed by atoms with E-state index >= 15 is 0 Å². The van der Waals surface area contributed by atoms with Crippen molar-refractivity contribution in [3.05, 3.63) is 52.5 Å². The summed E-state index contributed by atoms with van der Waals surface area (Å²) in [6.45, 7) is 1.96. The number of aryl methyl sites for hydroxylation is 1. The molecule has 27 heavy (non-hydrogen) atoms. The normalized spacial score (nSPS) is 15.9. The number of carbonyl (C=O) groups excluding carboxylic acids is 1. The number of nitrogens with zero attached hydrogens (tertiary/aromatic N) is 1. The highest BCUT2D eigenvalue weighted by atomic mass is 35.5. The fourth-order valence-corrected chi connectivity index (χ4v) is 4.07. The quantitative estimate of drug-likeness (QED) is 0.796. The van der Waals surface area contributed by atoms with Crippen LogP contribution in [0.2, 0.25) is 5.02 Å². The number of halogens is 1. The van der Waals surface area contributed by atoms with E-state index in [9.17, 15) is 13.2 Å². The molecule has 0 radical (unpaired) electrons. The molecule has 142 valence electrons. The van der Waals surface area contributed by atoms with Crippen molar-refractivity contribution in [1.29, 1.82) is 0 Å². The Kier molecular flexibility index (Phi) is 5.38. The van der Waals surface area contributed by atoms with Gasteiger partial charge >= 0.3 is 0 Å². The smallest absolute Gasteiger partial charge is 0.263 e. The Bertz CT molecular complexity index is 1030. The van der Waals surface area contributed by atoms with Gasteiger partial charge in [-0.05, 0) is 30.7 Å². The van der Waals surface area contributed by atoms with E-state index in [0.717, 1.165) is 5.56 Å². The lowest BCUT2D eigenvalue weighted by atomic mass is 10.2. The Labute approximate surface area is 162 Å². The molecule has 0 fully saturated rings. The van der Waals surface area contributed by atoms with Gasteiger partial charge in [-0.1, -0.05) is 23.7 Å². The predicted octanol–water partition coefficient (Wildman–Crippen LogP) is 2.72. The number of anilines is 1. The molecule has 0 aromatic heterocycles. The van der Waals surface area contributed by atoms with Gasteiger partial charge in [0.2, 0.25) is 5.91 Å². The number of hydrogen-bond donors (Lipinski definition) is 2. The van der Waals surface area contributed by atoms with Gasteiger partial charge in [-0.15, -0.1) is 0 Å². The summed E-state index contributed by atoms with van der Waals surface area (Å²) in [4.78, 5) is 16.6. The summed E-state index contributed by atoms with van der Waals surface area (Å²) in [5, 5.41) is 3.30. The first kappa shape index (κ1) is 19.2. The minimum absolute atomic E-state index is 0.0816. The molecule has 9 heteroatoms. The minimum Gasteiger partial charge on any atom is -0.495 e. The number of sulfonamides is 1. The fraction of sp³-hybridized carbons (Fsp3) is 0.222. The summed E-state index contributed by atoms with van der Waals surface area (Å²) >= 11 is 6.06. The molecule has 1 aliphatic rings. The molecule has 0 saturated heterocycles. The first-order valence-corrected chi connectivity index (χ1v) is 9.98. The van der Waals surface area contributed by atoms with Crippen LogP contribution in [-0.4, -0.2) is 33.8 Å². The Morgan fingerprint density at radius 2 is 2.04 bits per heavy atom. The number of benzene rings is 2. The van der Waals surface area contributed by atoms with Crippen molar-refractivity contribution in [3.63, 3.8) is 0 Å². The summed E-state index contributed by atoms with van der Waals surface area (Å²) in [5.74, 6) is 0.439. The van der Waals surface area contributed by atoms with Gasteiger partial charge in [0, 0.05) is 23.1 Å². The van der Waals surface area contributed by atoms with Gasteiger partial charge in [0.05, 0.1) is 24.2 Å². The third kappa shape index (κ3) is 4.06. The highest BCUT2D eigenvalue weighted by Crippen LogP contribution is 2.31. The molecule has 3 rings (SSSR count). The molecule has 1 aliphatic heterocycles. The number of nitrogens with one attached hydrogen (secondary N) is 2. The Morgan fingerprint density at radius 1 is 1.30 bits per heavy atom. The van der Waals surface area contributed by atoms with E-state index in [1.54, 1.807) is 30.3 Å². The summed E-state index contributed by atoms with van der Waals surface area (Å²) < 4.78 is 31.7. The molecular weight excluding hydrogens is 390 g/mol. The van der Waals surface area contributed by atoms with Crippen LogP contribution in [-0.2, 0) is 14.8 Å². The van der Waals surface area contributed by atoms with Crippen LogP contribution in [0.25, 0.3) is 0 Å². The first-order chi connectivity index (χ1) is 12.8. The summed E-state index contributed by atoms with van der Waals surface area (Å²) in [5.41, 5.74) is 1.84. The van der Waals surface area contributed by atoms with E-state index < -0.39 is 10.0 Å². The SMILES string of the molecule is COc1cc(Cl)c(C)cc1NC(=O)CCN=C1NS(=O)(=O)c2ccccc21. The van der Waals surface area contributed by atoms with Crippen molar-refractivity contribution in [2.45, 2.75) is 18.2 Å². The average Bonchev–Trinajstić information content (AvgIpc) is 2.89. The van der Waals surface area contributed by atoms with E-state index in [-0.39, 0.29) is 29.6 Å². The Hall–Kier alpha value is -2.58. The molecule has 0 unspecified atom stereocenters. The molecule has 2 N–H and O–H groups in total. The Morgan fingerprint density at radius 3 is 2.78 bits per heavy atom. The van der Waals surface area contributed by atoms with Gasteiger partial charge < -0.3 is 10.1 Å². The van der Waals surface area contributed by atoms with E-state index in [4.69, 9.17) is 16.3 Å². The number of amidine groups is 1. The molecule has 0 spiro atoms. The summed E-state index contributed by atoms with van der Waals surface area (Å²) in [7, 11) is -2.09. The van der Waals surface area contributed by atoms with E-state index in [1.165, 1.54) is 13.2 Å². The Balaban J connectivity index is 1.68. The maximum Gasteiger partial charge on any atom is 0.263 e. The van der Waals surface area contributed by atoms with Crippen LogP contribution >= 0.6 is 11.6 Å². The maximum atomic E-state index is 12.2. The number of ether oxygens (including phenoxy) is 1. The van der Waals surface area contributed by atoms with Gasteiger partial charge in [0.25, 0.3) is 10.0 Å². The van der Waals surface area contributed by atoms with Gasteiger partial charge in [0.15, 0.2) is 0 Å². The zero-order chi connectivity index (χ0) is 19.6. The van der Waals surface area contributed by atoms with Crippen LogP contribution in [0.15, 0.2) is 46.3 Å². The lowest BCUT2D eigenvalue weighted by molar-refractivity contribution is -0.116. The molecule has 0 saturated carbocycles. The van der Waals surface area contributed by atoms with Crippen LogP contribution < -0.4 is 14.8 Å². The van der Waals surface area contributed by atoms with Crippen molar-refractivity contribution in [3.8, 4) is 5.75 Å². The lowest BCUT2D eigenvalue weighted by Crippen LogP contribution is -2.23. The number of amides is 1. The molecule has 2 aromatic carbocycles. The van der Waals surface area contributed by atoms with E-state index in [2.05, 4.69) is 15.0 Å². The fourth-order valence-electron chi connectivity index (χ4n) is 2.66. The number of carbonyl (C=O) groups is 1. The molecular formula is C18H18ClN3O4S. The summed E-state index contributed by atoms with van der Waals surface area (Å²) in [6.07, 6.45) is 0.0816. The molecule has 0 bridgehead atoms. The topological polar surface area (TPSA) is 96.9 Å². The van der Waals surface area contributed by atoms with Crippen molar-refractivity contribution in [1.82, 2.24) is 4.72 Å². The van der Waals surface area contributed by atoms with Crippen molar-refractivity contribution in [2.24, 2.45) is 4.99 Å². The number of aliphatic imine (C=N–C) groups is 1. The van der Waals surface area contributed by atoms with Crippen molar-refractivity contribution in [2.75, 3.05) is 19.0 Å². The van der Waals surface area contributed by atoms with Crippen LogP contribution in [0.3, 0.4) is 0 Å². The van der Waals surface area contributed by atoms with Gasteiger partial charge in [-0.3, -0.25) is 14.5 Å². The van der Waals surface area contributed by atoms with Crippen LogP contribution in [0.5, 0.6) is 5.75 Å². The summed E-state index contributed by atoms with van der Waals surface area (Å²) in [6, 6.07) is 9.94. The first-order valence-electron chi connectivity index (χ1n) is 8.12.